The van der Waals surface area contributed by atoms with Crippen molar-refractivity contribution in [3.05, 3.63) is 0 Å². The average molecular weight is 295 g/mol. The Bertz CT molecular complexity index is 347. The molecule has 0 aromatic rings. The number of hydrogen-bond donors (Lipinski definition) is 2. The van der Waals surface area contributed by atoms with Gasteiger partial charge in [0, 0.05) is 12.1 Å². The summed E-state index contributed by atoms with van der Waals surface area (Å²) in [6.45, 7) is 6.56. The van der Waals surface area contributed by atoms with Crippen LogP contribution in [0.25, 0.3) is 0 Å². The van der Waals surface area contributed by atoms with Gasteiger partial charge in [0.2, 0.25) is 5.91 Å². The molecule has 1 aliphatic carbocycles. The van der Waals surface area contributed by atoms with Gasteiger partial charge in [-0.3, -0.25) is 9.69 Å². The van der Waals surface area contributed by atoms with Gasteiger partial charge in [-0.25, -0.2) is 0 Å². The highest BCUT2D eigenvalue weighted by Crippen LogP contribution is 2.34. The fourth-order valence-electron chi connectivity index (χ4n) is 4.20. The summed E-state index contributed by atoms with van der Waals surface area (Å²) in [7, 11) is 0. The monoisotopic (exact) mass is 295 g/mol. The molecule has 2 aliphatic rings. The number of carbonyl (C=O) groups is 1. The van der Waals surface area contributed by atoms with E-state index in [0.717, 1.165) is 32.2 Å². The molecule has 122 valence electrons. The quantitative estimate of drug-likeness (QED) is 0.819. The van der Waals surface area contributed by atoms with Crippen molar-refractivity contribution in [1.82, 2.24) is 10.2 Å². The molecule has 1 heterocycles. The molecule has 0 bridgehead atoms. The maximum absolute atomic E-state index is 12.1. The van der Waals surface area contributed by atoms with Crippen molar-refractivity contribution >= 4 is 5.91 Å². The summed E-state index contributed by atoms with van der Waals surface area (Å²) in [5.74, 6) is -0.150. The highest BCUT2D eigenvalue weighted by molar-refractivity contribution is 5.84. The van der Waals surface area contributed by atoms with Crippen molar-refractivity contribution < 1.29 is 4.79 Å². The lowest BCUT2D eigenvalue weighted by atomic mass is 9.77. The number of nitrogens with two attached hydrogens (primary N) is 1. The summed E-state index contributed by atoms with van der Waals surface area (Å²) < 4.78 is 0. The number of hydrogen-bond acceptors (Lipinski definition) is 3. The zero-order chi connectivity index (χ0) is 15.3. The maximum Gasteiger partial charge on any atom is 0.237 e. The van der Waals surface area contributed by atoms with E-state index < -0.39 is 5.54 Å². The van der Waals surface area contributed by atoms with Crippen LogP contribution in [0.1, 0.15) is 71.6 Å². The molecular formula is C17H33N3O. The SMILES string of the molecule is CCCNC1(C(N)=O)CCCC(N2CCCCCC2C)C1. The molecule has 0 aromatic carbocycles. The van der Waals surface area contributed by atoms with Gasteiger partial charge in [-0.1, -0.05) is 19.8 Å². The minimum Gasteiger partial charge on any atom is -0.368 e. The van der Waals surface area contributed by atoms with E-state index in [9.17, 15) is 4.79 Å². The Kier molecular flexibility index (Phi) is 6.06. The van der Waals surface area contributed by atoms with Gasteiger partial charge in [0.15, 0.2) is 0 Å². The highest BCUT2D eigenvalue weighted by atomic mass is 16.1. The van der Waals surface area contributed by atoms with Gasteiger partial charge >= 0.3 is 0 Å². The Balaban J connectivity index is 2.08. The fraction of sp³-hybridized carbons (Fsp3) is 0.941. The number of carbonyl (C=O) groups excluding carboxylic acids is 1. The third-order valence-electron chi connectivity index (χ3n) is 5.48. The Morgan fingerprint density at radius 3 is 2.81 bits per heavy atom. The van der Waals surface area contributed by atoms with E-state index in [1.165, 1.54) is 38.6 Å². The standard InChI is InChI=1S/C17H33N3O/c1-3-11-19-17(16(18)21)10-7-9-15(13-17)20-12-6-4-5-8-14(20)2/h14-15,19H,3-13H2,1-2H3,(H2,18,21). The predicted octanol–water partition coefficient (Wildman–Crippen LogP) is 2.42. The number of nitrogens with zero attached hydrogens (tertiary/aromatic N) is 1. The summed E-state index contributed by atoms with van der Waals surface area (Å²) in [4.78, 5) is 14.8. The van der Waals surface area contributed by atoms with Crippen LogP contribution in [0, 0.1) is 0 Å². The van der Waals surface area contributed by atoms with Gasteiger partial charge in [0.05, 0.1) is 5.54 Å². The molecule has 2 fully saturated rings. The lowest BCUT2D eigenvalue weighted by Gasteiger charge is -2.45. The van der Waals surface area contributed by atoms with Crippen LogP contribution in [0.2, 0.25) is 0 Å². The number of likely N-dealkylation sites (tertiary alicyclic amines) is 1. The molecule has 3 N–H and O–H groups in total. The van der Waals surface area contributed by atoms with Crippen LogP contribution in [-0.2, 0) is 4.79 Å². The molecule has 21 heavy (non-hydrogen) atoms. The largest absolute Gasteiger partial charge is 0.368 e. The molecule has 1 aliphatic heterocycles. The second-order valence-electron chi connectivity index (χ2n) is 7.06. The first-order chi connectivity index (χ1) is 10.1. The Morgan fingerprint density at radius 2 is 2.10 bits per heavy atom. The zero-order valence-electron chi connectivity index (χ0n) is 13.9. The van der Waals surface area contributed by atoms with Crippen molar-refractivity contribution in [3.8, 4) is 0 Å². The molecule has 0 aromatic heterocycles. The van der Waals surface area contributed by atoms with Crippen LogP contribution < -0.4 is 11.1 Å². The second-order valence-corrected chi connectivity index (χ2v) is 7.06. The fourth-order valence-corrected chi connectivity index (χ4v) is 4.20. The van der Waals surface area contributed by atoms with E-state index in [0.29, 0.717) is 12.1 Å². The van der Waals surface area contributed by atoms with Gasteiger partial charge in [0.25, 0.3) is 0 Å². The first-order valence-electron chi connectivity index (χ1n) is 8.90. The summed E-state index contributed by atoms with van der Waals surface area (Å²) in [6, 6.07) is 1.16. The second kappa shape index (κ2) is 7.59. The van der Waals surface area contributed by atoms with E-state index in [-0.39, 0.29) is 5.91 Å². The molecule has 4 heteroatoms. The minimum absolute atomic E-state index is 0.150. The number of nitrogens with one attached hydrogen (secondary N) is 1. The van der Waals surface area contributed by atoms with E-state index >= 15 is 0 Å². The van der Waals surface area contributed by atoms with Gasteiger partial charge in [-0.05, 0) is 65.0 Å². The molecule has 1 saturated heterocycles. The van der Waals surface area contributed by atoms with Crippen molar-refractivity contribution in [2.75, 3.05) is 13.1 Å². The molecule has 3 atom stereocenters. The molecule has 4 nitrogen and oxygen atoms in total. The number of rotatable bonds is 5. The van der Waals surface area contributed by atoms with E-state index in [4.69, 9.17) is 5.73 Å². The van der Waals surface area contributed by atoms with Crippen LogP contribution >= 0.6 is 0 Å². The summed E-state index contributed by atoms with van der Waals surface area (Å²) in [5, 5.41) is 3.48. The lowest BCUT2D eigenvalue weighted by molar-refractivity contribution is -0.127. The molecule has 2 rings (SSSR count). The first kappa shape index (κ1) is 16.8. The molecular weight excluding hydrogens is 262 g/mol. The van der Waals surface area contributed by atoms with Gasteiger partial charge in [-0.2, -0.15) is 0 Å². The van der Waals surface area contributed by atoms with E-state index in [1.54, 1.807) is 0 Å². The smallest absolute Gasteiger partial charge is 0.237 e. The predicted molar refractivity (Wildman–Crippen MR) is 87.1 cm³/mol. The van der Waals surface area contributed by atoms with Crippen LogP contribution in [0.5, 0.6) is 0 Å². The molecule has 0 radical (unpaired) electrons. The Hall–Kier alpha value is -0.610. The third-order valence-corrected chi connectivity index (χ3v) is 5.48. The van der Waals surface area contributed by atoms with Gasteiger partial charge in [0.1, 0.15) is 0 Å². The molecule has 1 amide bonds. The van der Waals surface area contributed by atoms with Crippen LogP contribution in [0.3, 0.4) is 0 Å². The summed E-state index contributed by atoms with van der Waals surface area (Å²) in [6.07, 6.45) is 10.4. The van der Waals surface area contributed by atoms with Crippen LogP contribution in [-0.4, -0.2) is 41.5 Å². The lowest BCUT2D eigenvalue weighted by Crippen LogP contribution is -2.61. The summed E-state index contributed by atoms with van der Waals surface area (Å²) >= 11 is 0. The van der Waals surface area contributed by atoms with E-state index in [1.807, 2.05) is 0 Å². The van der Waals surface area contributed by atoms with Crippen LogP contribution in [0.15, 0.2) is 0 Å². The maximum atomic E-state index is 12.1. The highest BCUT2D eigenvalue weighted by Gasteiger charge is 2.43. The topological polar surface area (TPSA) is 58.4 Å². The van der Waals surface area contributed by atoms with E-state index in [2.05, 4.69) is 24.1 Å². The summed E-state index contributed by atoms with van der Waals surface area (Å²) in [5.41, 5.74) is 5.31. The van der Waals surface area contributed by atoms with Crippen molar-refractivity contribution in [2.24, 2.45) is 5.73 Å². The minimum atomic E-state index is -0.467. The molecule has 1 saturated carbocycles. The third kappa shape index (κ3) is 3.98. The zero-order valence-corrected chi connectivity index (χ0v) is 13.9. The first-order valence-corrected chi connectivity index (χ1v) is 8.90. The van der Waals surface area contributed by atoms with Crippen molar-refractivity contribution in [1.29, 1.82) is 0 Å². The average Bonchev–Trinajstić information content (AvgIpc) is 2.70. The molecule has 0 spiro atoms. The molecule has 3 unspecified atom stereocenters. The Labute approximate surface area is 129 Å². The van der Waals surface area contributed by atoms with Gasteiger partial charge in [-0.15, -0.1) is 0 Å². The Morgan fingerprint density at radius 1 is 1.29 bits per heavy atom. The van der Waals surface area contributed by atoms with Gasteiger partial charge < -0.3 is 11.1 Å². The number of amides is 1. The van der Waals surface area contributed by atoms with Crippen LogP contribution in [0.4, 0.5) is 0 Å². The van der Waals surface area contributed by atoms with Crippen molar-refractivity contribution in [2.45, 2.75) is 89.3 Å². The number of primary amides is 1. The normalized spacial score (nSPS) is 35.3. The van der Waals surface area contributed by atoms with Crippen molar-refractivity contribution in [3.63, 3.8) is 0 Å².